The summed E-state index contributed by atoms with van der Waals surface area (Å²) >= 11 is 0. The van der Waals surface area contributed by atoms with Crippen LogP contribution in [0.5, 0.6) is 5.88 Å². The Balaban J connectivity index is 2.38. The van der Waals surface area contributed by atoms with Gasteiger partial charge in [-0.05, 0) is 38.0 Å². The van der Waals surface area contributed by atoms with Gasteiger partial charge in [-0.15, -0.1) is 0 Å². The van der Waals surface area contributed by atoms with Crippen LogP contribution in [0.3, 0.4) is 0 Å². The molecule has 2 aromatic rings. The van der Waals surface area contributed by atoms with E-state index < -0.39 is 23.7 Å². The molecule has 7 heteroatoms. The molecule has 0 radical (unpaired) electrons. The largest absolute Gasteiger partial charge is 0.474 e. The second-order valence-electron chi connectivity index (χ2n) is 5.63. The molecule has 0 saturated heterocycles. The average Bonchev–Trinajstić information content (AvgIpc) is 2.52. The van der Waals surface area contributed by atoms with E-state index in [2.05, 4.69) is 9.97 Å². The molecule has 2 rings (SSSR count). The van der Waals surface area contributed by atoms with E-state index >= 15 is 0 Å². The summed E-state index contributed by atoms with van der Waals surface area (Å²) in [5.74, 6) is -0.317. The lowest BCUT2D eigenvalue weighted by Crippen LogP contribution is -2.19. The van der Waals surface area contributed by atoms with E-state index in [0.717, 1.165) is 18.3 Å². The summed E-state index contributed by atoms with van der Waals surface area (Å²) in [5.41, 5.74) is 0.974. The van der Waals surface area contributed by atoms with Gasteiger partial charge in [-0.3, -0.25) is 0 Å². The number of benzene rings is 1. The molecular weight excluding hydrogens is 319 g/mol. The van der Waals surface area contributed by atoms with Crippen molar-refractivity contribution in [2.45, 2.75) is 39.5 Å². The minimum atomic E-state index is -4.57. The summed E-state index contributed by atoms with van der Waals surface area (Å²) in [6.07, 6.45) is -3.32. The molecule has 0 aliphatic rings. The maximum Gasteiger partial charge on any atom is 0.423 e. The molecule has 0 unspecified atom stereocenters. The lowest BCUT2D eigenvalue weighted by atomic mass is 10.1. The number of aryl methyl sites for hydroxylation is 1. The molecule has 1 aromatic carbocycles. The number of nitrogens with zero attached hydrogens (tertiary/aromatic N) is 3. The molecule has 0 atom stereocenters. The summed E-state index contributed by atoms with van der Waals surface area (Å²) < 4.78 is 44.4. The second kappa shape index (κ2) is 7.07. The number of hydrogen-bond acceptors (Lipinski definition) is 4. The summed E-state index contributed by atoms with van der Waals surface area (Å²) in [4.78, 5) is 9.44. The molecule has 0 saturated carbocycles. The Bertz CT molecular complexity index is 684. The molecule has 0 aliphatic carbocycles. The maximum atomic E-state index is 13.1. The van der Waals surface area contributed by atoms with Crippen LogP contribution in [-0.4, -0.2) is 23.1 Å². The minimum Gasteiger partial charge on any atom is -0.474 e. The number of alkyl halides is 3. The smallest absolute Gasteiger partial charge is 0.423 e. The van der Waals surface area contributed by atoms with E-state index in [4.69, 9.17) is 4.74 Å². The third kappa shape index (κ3) is 4.15. The van der Waals surface area contributed by atoms with E-state index in [9.17, 15) is 13.2 Å². The van der Waals surface area contributed by atoms with E-state index in [1.807, 2.05) is 31.2 Å². The third-order valence-corrected chi connectivity index (χ3v) is 3.43. The van der Waals surface area contributed by atoms with Crippen molar-refractivity contribution < 1.29 is 17.9 Å². The number of rotatable bonds is 5. The van der Waals surface area contributed by atoms with Gasteiger partial charge in [0.2, 0.25) is 11.8 Å². The van der Waals surface area contributed by atoms with Crippen molar-refractivity contribution in [3.05, 3.63) is 41.6 Å². The Morgan fingerprint density at radius 3 is 2.29 bits per heavy atom. The highest BCUT2D eigenvalue weighted by Crippen LogP contribution is 2.36. The lowest BCUT2D eigenvalue weighted by Gasteiger charge is -2.20. The van der Waals surface area contributed by atoms with Gasteiger partial charge in [0.15, 0.2) is 0 Å². The number of ether oxygens (including phenoxy) is 1. The Morgan fingerprint density at radius 1 is 1.17 bits per heavy atom. The van der Waals surface area contributed by atoms with Crippen LogP contribution in [0.2, 0.25) is 0 Å². The fraction of sp³-hybridized carbons (Fsp3) is 0.412. The van der Waals surface area contributed by atoms with Crippen molar-refractivity contribution in [1.29, 1.82) is 0 Å². The number of anilines is 2. The summed E-state index contributed by atoms with van der Waals surface area (Å²) in [7, 11) is 1.70. The zero-order chi connectivity index (χ0) is 17.9. The SMILES string of the molecule is CCc1ccc(N(C)c2ncc(C(F)(F)F)c(OC(C)C)n2)cc1. The molecule has 0 N–H and O–H groups in total. The summed E-state index contributed by atoms with van der Waals surface area (Å²) in [6, 6.07) is 7.68. The molecule has 0 fully saturated rings. The van der Waals surface area contributed by atoms with Crippen LogP contribution >= 0.6 is 0 Å². The first-order valence-corrected chi connectivity index (χ1v) is 7.66. The minimum absolute atomic E-state index is 0.142. The number of hydrogen-bond donors (Lipinski definition) is 0. The maximum absolute atomic E-state index is 13.1. The fourth-order valence-corrected chi connectivity index (χ4v) is 2.10. The highest BCUT2D eigenvalue weighted by atomic mass is 19.4. The van der Waals surface area contributed by atoms with E-state index in [-0.39, 0.29) is 5.95 Å². The zero-order valence-corrected chi connectivity index (χ0v) is 14.1. The Morgan fingerprint density at radius 2 is 1.79 bits per heavy atom. The van der Waals surface area contributed by atoms with E-state index in [1.165, 1.54) is 5.56 Å². The predicted octanol–water partition coefficient (Wildman–Crippen LogP) is 4.61. The van der Waals surface area contributed by atoms with Gasteiger partial charge in [0, 0.05) is 18.9 Å². The van der Waals surface area contributed by atoms with Crippen LogP contribution in [0.4, 0.5) is 24.8 Å². The molecule has 0 spiro atoms. The molecular formula is C17H20F3N3O. The molecule has 1 aromatic heterocycles. The van der Waals surface area contributed by atoms with E-state index in [1.54, 1.807) is 25.8 Å². The normalized spacial score (nSPS) is 11.7. The molecule has 4 nitrogen and oxygen atoms in total. The van der Waals surface area contributed by atoms with Crippen LogP contribution in [0.15, 0.2) is 30.5 Å². The predicted molar refractivity (Wildman–Crippen MR) is 86.7 cm³/mol. The van der Waals surface area contributed by atoms with Crippen molar-refractivity contribution in [3.8, 4) is 5.88 Å². The summed E-state index contributed by atoms with van der Waals surface area (Å²) in [5, 5.41) is 0. The standard InChI is InChI=1S/C17H20F3N3O/c1-5-12-6-8-13(9-7-12)23(4)16-21-10-14(17(18,19)20)15(22-16)24-11(2)3/h6-11H,5H2,1-4H3. The third-order valence-electron chi connectivity index (χ3n) is 3.43. The quantitative estimate of drug-likeness (QED) is 0.797. The van der Waals surface area contributed by atoms with Crippen LogP contribution < -0.4 is 9.64 Å². The highest BCUT2D eigenvalue weighted by Gasteiger charge is 2.36. The topological polar surface area (TPSA) is 38.2 Å². The second-order valence-corrected chi connectivity index (χ2v) is 5.63. The fourth-order valence-electron chi connectivity index (χ4n) is 2.10. The number of halogens is 3. The van der Waals surface area contributed by atoms with Crippen LogP contribution in [-0.2, 0) is 12.6 Å². The first-order chi connectivity index (χ1) is 11.2. The van der Waals surface area contributed by atoms with Crippen molar-refractivity contribution in [3.63, 3.8) is 0 Å². The van der Waals surface area contributed by atoms with Crippen LogP contribution in [0.25, 0.3) is 0 Å². The Hall–Kier alpha value is -2.31. The van der Waals surface area contributed by atoms with Crippen molar-refractivity contribution >= 4 is 11.6 Å². The average molecular weight is 339 g/mol. The first kappa shape index (κ1) is 18.0. The van der Waals surface area contributed by atoms with Gasteiger partial charge in [0.05, 0.1) is 6.10 Å². The van der Waals surface area contributed by atoms with Crippen LogP contribution in [0, 0.1) is 0 Å². The van der Waals surface area contributed by atoms with Crippen molar-refractivity contribution in [2.24, 2.45) is 0 Å². The molecule has 0 bridgehead atoms. The Labute approximate surface area is 139 Å². The van der Waals surface area contributed by atoms with Gasteiger partial charge < -0.3 is 9.64 Å². The van der Waals surface area contributed by atoms with Gasteiger partial charge in [0.25, 0.3) is 0 Å². The van der Waals surface area contributed by atoms with Gasteiger partial charge in [-0.2, -0.15) is 18.2 Å². The number of aromatic nitrogens is 2. The molecule has 0 amide bonds. The Kier molecular flexibility index (Phi) is 5.31. The van der Waals surface area contributed by atoms with Crippen molar-refractivity contribution in [1.82, 2.24) is 9.97 Å². The van der Waals surface area contributed by atoms with Crippen molar-refractivity contribution in [2.75, 3.05) is 11.9 Å². The van der Waals surface area contributed by atoms with E-state index in [0.29, 0.717) is 0 Å². The highest BCUT2D eigenvalue weighted by molar-refractivity contribution is 5.57. The van der Waals surface area contributed by atoms with Gasteiger partial charge in [0.1, 0.15) is 5.56 Å². The zero-order valence-electron chi connectivity index (χ0n) is 14.1. The molecule has 130 valence electrons. The first-order valence-electron chi connectivity index (χ1n) is 7.66. The van der Waals surface area contributed by atoms with Gasteiger partial charge >= 0.3 is 6.18 Å². The lowest BCUT2D eigenvalue weighted by molar-refractivity contribution is -0.139. The van der Waals surface area contributed by atoms with Crippen LogP contribution in [0.1, 0.15) is 31.9 Å². The monoisotopic (exact) mass is 339 g/mol. The molecule has 24 heavy (non-hydrogen) atoms. The molecule has 1 heterocycles. The summed E-state index contributed by atoms with van der Waals surface area (Å²) in [6.45, 7) is 5.34. The molecule has 0 aliphatic heterocycles. The van der Waals surface area contributed by atoms with Gasteiger partial charge in [-0.25, -0.2) is 4.98 Å². The van der Waals surface area contributed by atoms with Gasteiger partial charge in [-0.1, -0.05) is 19.1 Å².